The van der Waals surface area contributed by atoms with Gasteiger partial charge in [-0.05, 0) is 65.7 Å². The van der Waals surface area contributed by atoms with E-state index in [9.17, 15) is 0 Å². The average molecular weight is 301 g/mol. The van der Waals surface area contributed by atoms with Crippen LogP contribution in [0.2, 0.25) is 0 Å². The van der Waals surface area contributed by atoms with Crippen LogP contribution in [-0.2, 0) is 4.74 Å². The van der Waals surface area contributed by atoms with Gasteiger partial charge in [-0.25, -0.2) is 0 Å². The normalized spacial score (nSPS) is 14.9. The van der Waals surface area contributed by atoms with Gasteiger partial charge in [-0.2, -0.15) is 0 Å². The number of hydrogen-bond acceptors (Lipinski definition) is 3. The Morgan fingerprint density at radius 2 is 0.905 bits per heavy atom. The van der Waals surface area contributed by atoms with Crippen molar-refractivity contribution in [3.63, 3.8) is 0 Å². The summed E-state index contributed by atoms with van der Waals surface area (Å²) in [5.74, 6) is 0. The zero-order valence-corrected chi connectivity index (χ0v) is 15.5. The average Bonchev–Trinajstić information content (AvgIpc) is 2.39. The molecule has 128 valence electrons. The molecule has 3 heteroatoms. The maximum absolute atomic E-state index is 6.21. The first-order chi connectivity index (χ1) is 10.1. The van der Waals surface area contributed by atoms with E-state index in [4.69, 9.17) is 4.74 Å². The summed E-state index contributed by atoms with van der Waals surface area (Å²) in [4.78, 5) is 5.07. The molecule has 0 aromatic heterocycles. The van der Waals surface area contributed by atoms with Crippen LogP contribution in [0.25, 0.3) is 0 Å². The molecular weight excluding hydrogens is 260 g/mol. The van der Waals surface area contributed by atoms with Crippen molar-refractivity contribution >= 4 is 0 Å². The van der Waals surface area contributed by atoms with E-state index in [-0.39, 0.29) is 0 Å². The standard InChI is InChI=1S/C18H40N2O/c1-7-11-19(12-8-2)15-17(5)21-18(6)16-20(13-9-3)14-10-4/h17-18H,7-16H2,1-6H3. The van der Waals surface area contributed by atoms with E-state index in [1.165, 1.54) is 51.9 Å². The van der Waals surface area contributed by atoms with Crippen molar-refractivity contribution in [3.8, 4) is 0 Å². The Kier molecular flexibility index (Phi) is 13.5. The third-order valence-electron chi connectivity index (χ3n) is 3.65. The minimum absolute atomic E-state index is 0.322. The Hall–Kier alpha value is -0.120. The molecule has 0 N–H and O–H groups in total. The van der Waals surface area contributed by atoms with Crippen LogP contribution in [0.15, 0.2) is 0 Å². The molecule has 0 aliphatic heterocycles. The second-order valence-electron chi connectivity index (χ2n) is 6.36. The number of ether oxygens (including phenoxy) is 1. The first-order valence-corrected chi connectivity index (χ1v) is 9.17. The number of nitrogens with zero attached hydrogens (tertiary/aromatic N) is 2. The predicted octanol–water partition coefficient (Wildman–Crippen LogP) is 4.02. The predicted molar refractivity (Wildman–Crippen MR) is 94.1 cm³/mol. The van der Waals surface area contributed by atoms with Crippen LogP contribution in [0.3, 0.4) is 0 Å². The van der Waals surface area contributed by atoms with Crippen LogP contribution in [0, 0.1) is 0 Å². The van der Waals surface area contributed by atoms with E-state index in [0.717, 1.165) is 13.1 Å². The minimum atomic E-state index is 0.322. The van der Waals surface area contributed by atoms with Crippen molar-refractivity contribution in [1.29, 1.82) is 0 Å². The highest BCUT2D eigenvalue weighted by Gasteiger charge is 2.15. The summed E-state index contributed by atoms with van der Waals surface area (Å²) >= 11 is 0. The van der Waals surface area contributed by atoms with Crippen LogP contribution in [0.4, 0.5) is 0 Å². The highest BCUT2D eigenvalue weighted by molar-refractivity contribution is 4.67. The lowest BCUT2D eigenvalue weighted by Gasteiger charge is -2.29. The van der Waals surface area contributed by atoms with Gasteiger partial charge >= 0.3 is 0 Å². The van der Waals surface area contributed by atoms with Crippen LogP contribution in [-0.4, -0.2) is 61.3 Å². The van der Waals surface area contributed by atoms with E-state index >= 15 is 0 Å². The maximum Gasteiger partial charge on any atom is 0.0678 e. The summed E-state index contributed by atoms with van der Waals surface area (Å²) in [5.41, 5.74) is 0. The molecule has 0 amide bonds. The molecule has 2 atom stereocenters. The molecule has 0 fully saturated rings. The Bertz CT molecular complexity index is 189. The van der Waals surface area contributed by atoms with Crippen molar-refractivity contribution in [3.05, 3.63) is 0 Å². The molecule has 0 aromatic rings. The molecule has 0 rings (SSSR count). The highest BCUT2D eigenvalue weighted by atomic mass is 16.5. The van der Waals surface area contributed by atoms with Crippen molar-refractivity contribution in [2.24, 2.45) is 0 Å². The number of hydrogen-bond donors (Lipinski definition) is 0. The van der Waals surface area contributed by atoms with Crippen LogP contribution >= 0.6 is 0 Å². The van der Waals surface area contributed by atoms with Gasteiger partial charge in [0, 0.05) is 13.1 Å². The van der Waals surface area contributed by atoms with Gasteiger partial charge in [-0.15, -0.1) is 0 Å². The third-order valence-corrected chi connectivity index (χ3v) is 3.65. The zero-order chi connectivity index (χ0) is 16.1. The summed E-state index contributed by atoms with van der Waals surface area (Å²) in [6.45, 7) is 20.3. The highest BCUT2D eigenvalue weighted by Crippen LogP contribution is 2.06. The quantitative estimate of drug-likeness (QED) is 0.482. The summed E-state index contributed by atoms with van der Waals surface area (Å²) in [6.07, 6.45) is 5.55. The molecule has 0 aliphatic rings. The van der Waals surface area contributed by atoms with E-state index in [0.29, 0.717) is 12.2 Å². The summed E-state index contributed by atoms with van der Waals surface area (Å²) < 4.78 is 6.21. The molecule has 0 spiro atoms. The van der Waals surface area contributed by atoms with Gasteiger partial charge < -0.3 is 14.5 Å². The monoisotopic (exact) mass is 300 g/mol. The molecular formula is C18H40N2O. The van der Waals surface area contributed by atoms with Gasteiger partial charge in [0.15, 0.2) is 0 Å². The van der Waals surface area contributed by atoms with Crippen molar-refractivity contribution in [1.82, 2.24) is 9.80 Å². The van der Waals surface area contributed by atoms with Gasteiger partial charge in [0.25, 0.3) is 0 Å². The molecule has 0 saturated heterocycles. The fourth-order valence-corrected chi connectivity index (χ4v) is 3.06. The van der Waals surface area contributed by atoms with E-state index in [2.05, 4.69) is 51.3 Å². The topological polar surface area (TPSA) is 15.7 Å². The largest absolute Gasteiger partial charge is 0.373 e. The molecule has 0 saturated carbocycles. The lowest BCUT2D eigenvalue weighted by Crippen LogP contribution is -2.39. The lowest BCUT2D eigenvalue weighted by atomic mass is 10.2. The van der Waals surface area contributed by atoms with E-state index in [1.807, 2.05) is 0 Å². The van der Waals surface area contributed by atoms with Gasteiger partial charge in [0.1, 0.15) is 0 Å². The van der Waals surface area contributed by atoms with E-state index < -0.39 is 0 Å². The summed E-state index contributed by atoms with van der Waals surface area (Å²) in [5, 5.41) is 0. The van der Waals surface area contributed by atoms with Gasteiger partial charge in [0.2, 0.25) is 0 Å². The van der Waals surface area contributed by atoms with Crippen molar-refractivity contribution in [2.75, 3.05) is 39.3 Å². The Morgan fingerprint density at radius 1 is 0.619 bits per heavy atom. The van der Waals surface area contributed by atoms with Gasteiger partial charge in [0.05, 0.1) is 12.2 Å². The number of rotatable bonds is 14. The molecule has 0 aliphatic carbocycles. The molecule has 0 bridgehead atoms. The lowest BCUT2D eigenvalue weighted by molar-refractivity contribution is -0.0251. The molecule has 21 heavy (non-hydrogen) atoms. The second-order valence-corrected chi connectivity index (χ2v) is 6.36. The van der Waals surface area contributed by atoms with Gasteiger partial charge in [-0.3, -0.25) is 0 Å². The molecule has 0 radical (unpaired) electrons. The Morgan fingerprint density at radius 3 is 1.14 bits per heavy atom. The first kappa shape index (κ1) is 20.9. The summed E-state index contributed by atoms with van der Waals surface area (Å²) in [6, 6.07) is 0. The maximum atomic E-state index is 6.21. The smallest absolute Gasteiger partial charge is 0.0678 e. The van der Waals surface area contributed by atoms with Crippen molar-refractivity contribution in [2.45, 2.75) is 79.4 Å². The van der Waals surface area contributed by atoms with Crippen LogP contribution in [0.5, 0.6) is 0 Å². The van der Waals surface area contributed by atoms with Crippen LogP contribution in [0.1, 0.15) is 67.2 Å². The van der Waals surface area contributed by atoms with E-state index in [1.54, 1.807) is 0 Å². The van der Waals surface area contributed by atoms with Crippen LogP contribution < -0.4 is 0 Å². The third kappa shape index (κ3) is 11.1. The zero-order valence-electron chi connectivity index (χ0n) is 15.5. The summed E-state index contributed by atoms with van der Waals surface area (Å²) in [7, 11) is 0. The molecule has 2 unspecified atom stereocenters. The fourth-order valence-electron chi connectivity index (χ4n) is 3.06. The fraction of sp³-hybridized carbons (Fsp3) is 1.00. The minimum Gasteiger partial charge on any atom is -0.373 e. The second kappa shape index (κ2) is 13.5. The molecule has 0 aromatic carbocycles. The molecule has 0 heterocycles. The Balaban J connectivity index is 4.12. The van der Waals surface area contributed by atoms with Crippen molar-refractivity contribution < 1.29 is 4.74 Å². The SMILES string of the molecule is CCCN(CCC)CC(C)OC(C)CN(CCC)CCC. The first-order valence-electron chi connectivity index (χ1n) is 9.17. The van der Waals surface area contributed by atoms with Gasteiger partial charge in [-0.1, -0.05) is 27.7 Å². The Labute approximate surface area is 134 Å². The molecule has 3 nitrogen and oxygen atoms in total.